The maximum absolute atomic E-state index is 12.5. The number of hydrogen-bond acceptors (Lipinski definition) is 3. The highest BCUT2D eigenvalue weighted by molar-refractivity contribution is 5.89. The summed E-state index contributed by atoms with van der Waals surface area (Å²) in [4.78, 5) is 28.3. The van der Waals surface area contributed by atoms with Crippen LogP contribution in [-0.2, 0) is 16.1 Å². The summed E-state index contributed by atoms with van der Waals surface area (Å²) in [6.45, 7) is 4.35. The van der Waals surface area contributed by atoms with E-state index < -0.39 is 0 Å². The highest BCUT2D eigenvalue weighted by Crippen LogP contribution is 2.22. The monoisotopic (exact) mass is 287 g/mol. The fraction of sp³-hybridized carbons (Fsp3) is 0.500. The molecule has 2 fully saturated rings. The quantitative estimate of drug-likeness (QED) is 0.879. The highest BCUT2D eigenvalue weighted by atomic mass is 16.2. The minimum Gasteiger partial charge on any atom is -0.340 e. The number of nitrogens with zero attached hydrogens (tertiary/aromatic N) is 2. The lowest BCUT2D eigenvalue weighted by Gasteiger charge is -2.29. The molecule has 5 heteroatoms. The van der Waals surface area contributed by atoms with Crippen LogP contribution in [0.15, 0.2) is 30.3 Å². The standard InChI is InChI=1S/C16H21N3O2/c20-15-10-14(16(21)18-8-6-17-7-9-18)12-19(15)11-13-4-2-1-3-5-13/h1-5,14,17H,6-12H2/t14-/m1/s1. The second-order valence-electron chi connectivity index (χ2n) is 5.74. The molecule has 0 bridgehead atoms. The second-order valence-corrected chi connectivity index (χ2v) is 5.74. The third-order valence-electron chi connectivity index (χ3n) is 4.21. The van der Waals surface area contributed by atoms with Crippen LogP contribution in [0, 0.1) is 5.92 Å². The molecule has 1 aromatic carbocycles. The number of amides is 2. The van der Waals surface area contributed by atoms with Gasteiger partial charge in [-0.15, -0.1) is 0 Å². The van der Waals surface area contributed by atoms with Gasteiger partial charge in [0.2, 0.25) is 11.8 Å². The van der Waals surface area contributed by atoms with Crippen molar-refractivity contribution in [2.24, 2.45) is 5.92 Å². The molecule has 3 rings (SSSR count). The van der Waals surface area contributed by atoms with E-state index in [0.29, 0.717) is 19.5 Å². The van der Waals surface area contributed by atoms with E-state index in [1.54, 1.807) is 4.90 Å². The molecule has 1 atom stereocenters. The van der Waals surface area contributed by atoms with E-state index in [1.807, 2.05) is 35.2 Å². The van der Waals surface area contributed by atoms with Crippen LogP contribution in [0.3, 0.4) is 0 Å². The fourth-order valence-electron chi connectivity index (χ4n) is 3.04. The minimum atomic E-state index is -0.167. The van der Waals surface area contributed by atoms with E-state index in [4.69, 9.17) is 0 Å². The number of benzene rings is 1. The molecule has 112 valence electrons. The molecule has 1 N–H and O–H groups in total. The number of piperazine rings is 1. The fourth-order valence-corrected chi connectivity index (χ4v) is 3.04. The van der Waals surface area contributed by atoms with Gasteiger partial charge in [0.15, 0.2) is 0 Å². The summed E-state index contributed by atoms with van der Waals surface area (Å²) in [7, 11) is 0. The van der Waals surface area contributed by atoms with Crippen LogP contribution in [0.5, 0.6) is 0 Å². The molecule has 0 aromatic heterocycles. The van der Waals surface area contributed by atoms with Gasteiger partial charge in [0, 0.05) is 45.7 Å². The Morgan fingerprint density at radius 3 is 2.62 bits per heavy atom. The van der Waals surface area contributed by atoms with Crippen molar-refractivity contribution in [3.05, 3.63) is 35.9 Å². The molecule has 2 aliphatic rings. The molecule has 2 heterocycles. The van der Waals surface area contributed by atoms with Crippen molar-refractivity contribution in [1.29, 1.82) is 0 Å². The van der Waals surface area contributed by atoms with Crippen molar-refractivity contribution in [3.8, 4) is 0 Å². The van der Waals surface area contributed by atoms with Gasteiger partial charge in [-0.25, -0.2) is 0 Å². The first kappa shape index (κ1) is 14.1. The number of nitrogens with one attached hydrogen (secondary N) is 1. The largest absolute Gasteiger partial charge is 0.340 e. The van der Waals surface area contributed by atoms with Gasteiger partial charge < -0.3 is 15.1 Å². The van der Waals surface area contributed by atoms with Crippen LogP contribution < -0.4 is 5.32 Å². The molecular weight excluding hydrogens is 266 g/mol. The zero-order valence-electron chi connectivity index (χ0n) is 12.1. The Morgan fingerprint density at radius 1 is 1.19 bits per heavy atom. The van der Waals surface area contributed by atoms with Gasteiger partial charge in [-0.2, -0.15) is 0 Å². The Balaban J connectivity index is 1.60. The summed E-state index contributed by atoms with van der Waals surface area (Å²) in [5, 5.41) is 3.24. The van der Waals surface area contributed by atoms with E-state index in [-0.39, 0.29) is 17.7 Å². The topological polar surface area (TPSA) is 52.7 Å². The molecule has 0 aliphatic carbocycles. The molecule has 0 radical (unpaired) electrons. The molecular formula is C16H21N3O2. The summed E-state index contributed by atoms with van der Waals surface area (Å²) >= 11 is 0. The van der Waals surface area contributed by atoms with Crippen molar-refractivity contribution in [3.63, 3.8) is 0 Å². The highest BCUT2D eigenvalue weighted by Gasteiger charge is 2.36. The maximum atomic E-state index is 12.5. The summed E-state index contributed by atoms with van der Waals surface area (Å²) < 4.78 is 0. The van der Waals surface area contributed by atoms with Crippen LogP contribution in [0.4, 0.5) is 0 Å². The first-order valence-electron chi connectivity index (χ1n) is 7.55. The number of carbonyl (C=O) groups excluding carboxylic acids is 2. The molecule has 0 saturated carbocycles. The van der Waals surface area contributed by atoms with Gasteiger partial charge in [0.05, 0.1) is 5.92 Å². The Hall–Kier alpha value is -1.88. The third kappa shape index (κ3) is 3.24. The van der Waals surface area contributed by atoms with Gasteiger partial charge >= 0.3 is 0 Å². The number of rotatable bonds is 3. The van der Waals surface area contributed by atoms with Gasteiger partial charge in [-0.05, 0) is 5.56 Å². The van der Waals surface area contributed by atoms with E-state index in [2.05, 4.69) is 5.32 Å². The van der Waals surface area contributed by atoms with Crippen molar-refractivity contribution >= 4 is 11.8 Å². The Labute approximate surface area is 124 Å². The van der Waals surface area contributed by atoms with E-state index in [0.717, 1.165) is 31.7 Å². The van der Waals surface area contributed by atoms with Crippen molar-refractivity contribution in [2.75, 3.05) is 32.7 Å². The average Bonchev–Trinajstić information content (AvgIpc) is 2.89. The zero-order chi connectivity index (χ0) is 14.7. The van der Waals surface area contributed by atoms with Gasteiger partial charge in [-0.1, -0.05) is 30.3 Å². The SMILES string of the molecule is O=C1C[C@@H](C(=O)N2CCNCC2)CN1Cc1ccccc1. The predicted octanol–water partition coefficient (Wildman–Crippen LogP) is 0.467. The van der Waals surface area contributed by atoms with Crippen molar-refractivity contribution < 1.29 is 9.59 Å². The minimum absolute atomic E-state index is 0.0901. The van der Waals surface area contributed by atoms with Gasteiger partial charge in [0.1, 0.15) is 0 Å². The third-order valence-corrected chi connectivity index (χ3v) is 4.21. The van der Waals surface area contributed by atoms with Crippen LogP contribution in [-0.4, -0.2) is 54.3 Å². The van der Waals surface area contributed by atoms with E-state index in [9.17, 15) is 9.59 Å². The molecule has 1 aromatic rings. The first-order chi connectivity index (χ1) is 10.2. The average molecular weight is 287 g/mol. The molecule has 2 amide bonds. The lowest BCUT2D eigenvalue weighted by atomic mass is 10.1. The molecule has 0 unspecified atom stereocenters. The maximum Gasteiger partial charge on any atom is 0.228 e. The van der Waals surface area contributed by atoms with E-state index >= 15 is 0 Å². The van der Waals surface area contributed by atoms with Crippen LogP contribution in [0.25, 0.3) is 0 Å². The smallest absolute Gasteiger partial charge is 0.228 e. The zero-order valence-corrected chi connectivity index (χ0v) is 12.1. The summed E-state index contributed by atoms with van der Waals surface area (Å²) in [6.07, 6.45) is 0.357. The normalized spacial score (nSPS) is 22.7. The Morgan fingerprint density at radius 2 is 1.90 bits per heavy atom. The van der Waals surface area contributed by atoms with Gasteiger partial charge in [0.25, 0.3) is 0 Å². The second kappa shape index (κ2) is 6.26. The van der Waals surface area contributed by atoms with Crippen molar-refractivity contribution in [1.82, 2.24) is 15.1 Å². The molecule has 5 nitrogen and oxygen atoms in total. The van der Waals surface area contributed by atoms with E-state index in [1.165, 1.54) is 0 Å². The van der Waals surface area contributed by atoms with Crippen LogP contribution in [0.2, 0.25) is 0 Å². The Kier molecular flexibility index (Phi) is 4.20. The first-order valence-corrected chi connectivity index (χ1v) is 7.55. The number of hydrogen-bond donors (Lipinski definition) is 1. The van der Waals surface area contributed by atoms with Gasteiger partial charge in [-0.3, -0.25) is 9.59 Å². The molecule has 21 heavy (non-hydrogen) atoms. The van der Waals surface area contributed by atoms with Crippen molar-refractivity contribution in [2.45, 2.75) is 13.0 Å². The molecule has 2 aliphatic heterocycles. The van der Waals surface area contributed by atoms with Crippen LogP contribution in [0.1, 0.15) is 12.0 Å². The molecule has 2 saturated heterocycles. The predicted molar refractivity (Wildman–Crippen MR) is 79.4 cm³/mol. The Bertz CT molecular complexity index is 512. The summed E-state index contributed by atoms with van der Waals surface area (Å²) in [6, 6.07) is 9.93. The number of carbonyl (C=O) groups is 2. The van der Waals surface area contributed by atoms with Crippen LogP contribution >= 0.6 is 0 Å². The summed E-state index contributed by atoms with van der Waals surface area (Å²) in [5.41, 5.74) is 1.11. The summed E-state index contributed by atoms with van der Waals surface area (Å²) in [5.74, 6) is 0.0621. The number of likely N-dealkylation sites (tertiary alicyclic amines) is 1. The molecule has 0 spiro atoms. The lowest BCUT2D eigenvalue weighted by Crippen LogP contribution is -2.48. The lowest BCUT2D eigenvalue weighted by molar-refractivity contribution is -0.136.